The highest BCUT2D eigenvalue weighted by atomic mass is 79.9. The normalized spacial score (nSPS) is 10.2. The Morgan fingerprint density at radius 3 is 2.57 bits per heavy atom. The Labute approximate surface area is 144 Å². The quantitative estimate of drug-likeness (QED) is 0.736. The van der Waals surface area contributed by atoms with Gasteiger partial charge in [-0.25, -0.2) is 0 Å². The molecule has 0 bridgehead atoms. The Morgan fingerprint density at radius 2 is 1.87 bits per heavy atom. The first-order valence-electron chi connectivity index (χ1n) is 7.36. The maximum Gasteiger partial charge on any atom is 0.226 e. The molecule has 0 aliphatic carbocycles. The lowest BCUT2D eigenvalue weighted by Gasteiger charge is -2.09. The van der Waals surface area contributed by atoms with Crippen LogP contribution >= 0.6 is 15.9 Å². The first-order chi connectivity index (χ1) is 11.0. The summed E-state index contributed by atoms with van der Waals surface area (Å²) in [4.78, 5) is 23.3. The van der Waals surface area contributed by atoms with Gasteiger partial charge in [-0.05, 0) is 49.7 Å². The number of ketones is 1. The average molecular weight is 375 g/mol. The van der Waals surface area contributed by atoms with Gasteiger partial charge in [0, 0.05) is 34.4 Å². The van der Waals surface area contributed by atoms with Gasteiger partial charge in [-0.15, -0.1) is 0 Å². The monoisotopic (exact) mass is 374 g/mol. The number of amides is 1. The Morgan fingerprint density at radius 1 is 1.09 bits per heavy atom. The van der Waals surface area contributed by atoms with Gasteiger partial charge in [-0.1, -0.05) is 28.1 Å². The van der Waals surface area contributed by atoms with E-state index in [-0.39, 0.29) is 11.7 Å². The van der Waals surface area contributed by atoms with Crippen molar-refractivity contribution in [2.75, 3.05) is 17.2 Å². The van der Waals surface area contributed by atoms with Crippen molar-refractivity contribution in [3.05, 3.63) is 58.1 Å². The lowest BCUT2D eigenvalue weighted by atomic mass is 10.1. The minimum absolute atomic E-state index is 0.0250. The van der Waals surface area contributed by atoms with E-state index in [0.717, 1.165) is 21.4 Å². The van der Waals surface area contributed by atoms with E-state index in [2.05, 4.69) is 26.6 Å². The van der Waals surface area contributed by atoms with Crippen molar-refractivity contribution in [1.82, 2.24) is 0 Å². The molecule has 0 spiro atoms. The molecule has 0 unspecified atom stereocenters. The lowest BCUT2D eigenvalue weighted by molar-refractivity contribution is -0.115. The zero-order valence-electron chi connectivity index (χ0n) is 13.2. The van der Waals surface area contributed by atoms with Crippen molar-refractivity contribution < 1.29 is 9.59 Å². The van der Waals surface area contributed by atoms with Crippen molar-refractivity contribution in [2.45, 2.75) is 20.3 Å². The minimum atomic E-state index is -0.0538. The number of halogens is 1. The summed E-state index contributed by atoms with van der Waals surface area (Å²) in [7, 11) is 0. The van der Waals surface area contributed by atoms with Crippen molar-refractivity contribution in [2.24, 2.45) is 0 Å². The van der Waals surface area contributed by atoms with Gasteiger partial charge in [-0.2, -0.15) is 0 Å². The molecule has 0 fully saturated rings. The van der Waals surface area contributed by atoms with E-state index in [0.29, 0.717) is 18.5 Å². The molecule has 0 atom stereocenters. The molecule has 23 heavy (non-hydrogen) atoms. The second kappa shape index (κ2) is 7.92. The van der Waals surface area contributed by atoms with E-state index >= 15 is 0 Å². The third-order valence-electron chi connectivity index (χ3n) is 3.39. The first-order valence-corrected chi connectivity index (χ1v) is 8.16. The molecule has 4 nitrogen and oxygen atoms in total. The zero-order valence-corrected chi connectivity index (χ0v) is 14.7. The molecule has 0 saturated carbocycles. The lowest BCUT2D eigenvalue weighted by Crippen LogP contribution is -2.16. The number of rotatable bonds is 6. The van der Waals surface area contributed by atoms with E-state index in [9.17, 15) is 9.59 Å². The van der Waals surface area contributed by atoms with Crippen LogP contribution in [0, 0.1) is 6.92 Å². The van der Waals surface area contributed by atoms with Crippen LogP contribution in [0.25, 0.3) is 0 Å². The zero-order chi connectivity index (χ0) is 16.8. The number of aryl methyl sites for hydroxylation is 1. The van der Waals surface area contributed by atoms with Crippen molar-refractivity contribution in [3.8, 4) is 0 Å². The fourth-order valence-electron chi connectivity index (χ4n) is 2.11. The highest BCUT2D eigenvalue weighted by Crippen LogP contribution is 2.20. The third kappa shape index (κ3) is 5.21. The minimum Gasteiger partial charge on any atom is -0.385 e. The van der Waals surface area contributed by atoms with Crippen LogP contribution in [0.15, 0.2) is 46.9 Å². The largest absolute Gasteiger partial charge is 0.385 e. The van der Waals surface area contributed by atoms with E-state index < -0.39 is 0 Å². The van der Waals surface area contributed by atoms with Crippen LogP contribution in [-0.4, -0.2) is 18.2 Å². The summed E-state index contributed by atoms with van der Waals surface area (Å²) in [6.45, 7) is 4.01. The molecule has 0 radical (unpaired) electrons. The summed E-state index contributed by atoms with van der Waals surface area (Å²) in [5, 5.41) is 6.03. The number of hydrogen-bond donors (Lipinski definition) is 2. The molecule has 5 heteroatoms. The number of hydrogen-bond acceptors (Lipinski definition) is 3. The van der Waals surface area contributed by atoms with Crippen LogP contribution in [0.4, 0.5) is 11.4 Å². The molecule has 0 aromatic heterocycles. The number of anilines is 2. The molecule has 0 heterocycles. The summed E-state index contributed by atoms with van der Waals surface area (Å²) in [6, 6.07) is 13.0. The van der Waals surface area contributed by atoms with Crippen LogP contribution < -0.4 is 10.6 Å². The van der Waals surface area contributed by atoms with Crippen molar-refractivity contribution in [3.63, 3.8) is 0 Å². The fraction of sp³-hybridized carbons (Fsp3) is 0.222. The molecule has 2 N–H and O–H groups in total. The number of benzene rings is 2. The van der Waals surface area contributed by atoms with E-state index in [1.54, 1.807) is 12.1 Å². The van der Waals surface area contributed by atoms with Crippen LogP contribution in [0.1, 0.15) is 29.3 Å². The third-order valence-corrected chi connectivity index (χ3v) is 4.28. The van der Waals surface area contributed by atoms with Crippen LogP contribution in [0.3, 0.4) is 0 Å². The molecule has 2 aromatic rings. The second-order valence-corrected chi connectivity index (χ2v) is 6.18. The van der Waals surface area contributed by atoms with Crippen molar-refractivity contribution in [1.29, 1.82) is 0 Å². The Balaban J connectivity index is 1.84. The van der Waals surface area contributed by atoms with Gasteiger partial charge in [-0.3, -0.25) is 9.59 Å². The molecule has 0 saturated heterocycles. The van der Waals surface area contributed by atoms with Crippen LogP contribution in [-0.2, 0) is 4.79 Å². The molecule has 0 aliphatic rings. The number of Topliss-reactive ketones (excluding diaryl/α,β-unsaturated/α-hetero) is 1. The first kappa shape index (κ1) is 17.2. The topological polar surface area (TPSA) is 58.2 Å². The molecule has 2 rings (SSSR count). The Hall–Kier alpha value is -2.14. The predicted octanol–water partition coefficient (Wildman–Crippen LogP) is 4.40. The van der Waals surface area contributed by atoms with E-state index in [1.807, 2.05) is 37.3 Å². The number of nitrogens with one attached hydrogen (secondary N) is 2. The fourth-order valence-corrected chi connectivity index (χ4v) is 2.36. The average Bonchev–Trinajstić information content (AvgIpc) is 2.51. The van der Waals surface area contributed by atoms with Gasteiger partial charge in [0.25, 0.3) is 0 Å². The number of carbonyl (C=O) groups is 2. The summed E-state index contributed by atoms with van der Waals surface area (Å²) >= 11 is 3.43. The SMILES string of the molecule is CC(=O)c1cccc(NCCC(=O)Nc2ccc(Br)c(C)c2)c1. The molecule has 0 aliphatic heterocycles. The summed E-state index contributed by atoms with van der Waals surface area (Å²) in [5.41, 5.74) is 3.35. The highest BCUT2D eigenvalue weighted by Gasteiger charge is 2.05. The molecule has 1 amide bonds. The Kier molecular flexibility index (Phi) is 5.93. The molecular formula is C18H19BrN2O2. The van der Waals surface area contributed by atoms with Gasteiger partial charge in [0.1, 0.15) is 0 Å². The summed E-state index contributed by atoms with van der Waals surface area (Å²) in [6.07, 6.45) is 0.347. The summed E-state index contributed by atoms with van der Waals surface area (Å²) < 4.78 is 1.02. The van der Waals surface area contributed by atoms with Gasteiger partial charge in [0.05, 0.1) is 0 Å². The van der Waals surface area contributed by atoms with E-state index in [4.69, 9.17) is 0 Å². The van der Waals surface area contributed by atoms with Gasteiger partial charge in [0.15, 0.2) is 5.78 Å². The van der Waals surface area contributed by atoms with Crippen molar-refractivity contribution >= 4 is 39.0 Å². The predicted molar refractivity (Wildman–Crippen MR) is 97.1 cm³/mol. The van der Waals surface area contributed by atoms with E-state index in [1.165, 1.54) is 6.92 Å². The van der Waals surface area contributed by atoms with Crippen LogP contribution in [0.2, 0.25) is 0 Å². The highest BCUT2D eigenvalue weighted by molar-refractivity contribution is 9.10. The van der Waals surface area contributed by atoms with Gasteiger partial charge < -0.3 is 10.6 Å². The van der Waals surface area contributed by atoms with Crippen LogP contribution in [0.5, 0.6) is 0 Å². The van der Waals surface area contributed by atoms with Gasteiger partial charge >= 0.3 is 0 Å². The standard InChI is InChI=1S/C18H19BrN2O2/c1-12-10-16(6-7-17(12)19)21-18(23)8-9-20-15-5-3-4-14(11-15)13(2)22/h3-7,10-11,20H,8-9H2,1-2H3,(H,21,23). The molecule has 120 valence electrons. The molecular weight excluding hydrogens is 356 g/mol. The number of carbonyl (C=O) groups excluding carboxylic acids is 2. The van der Waals surface area contributed by atoms with Gasteiger partial charge in [0.2, 0.25) is 5.91 Å². The maximum absolute atomic E-state index is 12.0. The maximum atomic E-state index is 12.0. The summed E-state index contributed by atoms with van der Waals surface area (Å²) in [5.74, 6) is -0.0288. The molecule has 2 aromatic carbocycles. The second-order valence-electron chi connectivity index (χ2n) is 5.33. The Bertz CT molecular complexity index is 729. The smallest absolute Gasteiger partial charge is 0.226 e.